The van der Waals surface area contributed by atoms with Crippen LogP contribution in [0.1, 0.15) is 26.4 Å². The van der Waals surface area contributed by atoms with Crippen LogP contribution in [0.5, 0.6) is 0 Å². The lowest BCUT2D eigenvalue weighted by Gasteiger charge is -2.17. The van der Waals surface area contributed by atoms with Gasteiger partial charge in [-0.15, -0.1) is 11.3 Å². The Bertz CT molecular complexity index is 741. The van der Waals surface area contributed by atoms with Gasteiger partial charge in [0.15, 0.2) is 0 Å². The van der Waals surface area contributed by atoms with Gasteiger partial charge in [-0.3, -0.25) is 9.59 Å². The molecule has 0 fully saturated rings. The molecule has 1 aliphatic heterocycles. The molecule has 1 aliphatic rings. The Morgan fingerprint density at radius 3 is 2.27 bits per heavy atom. The predicted octanol–water partition coefficient (Wildman–Crippen LogP) is 1.99. The fourth-order valence-electron chi connectivity index (χ4n) is 1.86. The van der Waals surface area contributed by atoms with Crippen molar-refractivity contribution in [3.8, 4) is 0 Å². The lowest BCUT2D eigenvalue weighted by molar-refractivity contribution is -0.198. The van der Waals surface area contributed by atoms with Gasteiger partial charge in [0.2, 0.25) is 0 Å². The van der Waals surface area contributed by atoms with Crippen molar-refractivity contribution in [2.75, 3.05) is 0 Å². The van der Waals surface area contributed by atoms with Gasteiger partial charge in [-0.2, -0.15) is 8.78 Å². The molecular formula is C13H6F2N2O4S. The summed E-state index contributed by atoms with van der Waals surface area (Å²) in [5.74, 6) is -8.05. The predicted molar refractivity (Wildman–Crippen MR) is 69.0 cm³/mol. The maximum absolute atomic E-state index is 13.8. The minimum Gasteiger partial charge on any atom is -0.323 e. The summed E-state index contributed by atoms with van der Waals surface area (Å²) in [6, 6.07) is 5.67. The summed E-state index contributed by atoms with van der Waals surface area (Å²) in [5, 5.41) is 1.01. The molecule has 2 amide bonds. The first kappa shape index (κ1) is 14.3. The van der Waals surface area contributed by atoms with E-state index in [2.05, 4.69) is 9.82 Å². The van der Waals surface area contributed by atoms with Crippen LogP contribution in [0.3, 0.4) is 0 Å². The quantitative estimate of drug-likeness (QED) is 0.807. The number of nitrogens with zero attached hydrogens (tertiary/aromatic N) is 2. The second-order valence-corrected chi connectivity index (χ2v) is 5.00. The Kier molecular flexibility index (Phi) is 3.21. The molecule has 0 spiro atoms. The monoisotopic (exact) mass is 324 g/mol. The lowest BCUT2D eigenvalue weighted by atomic mass is 10.1. The molecule has 9 heteroatoms. The van der Waals surface area contributed by atoms with E-state index in [1.165, 1.54) is 24.3 Å². The average Bonchev–Trinajstić information content (AvgIpc) is 3.12. The molecule has 0 bridgehead atoms. The van der Waals surface area contributed by atoms with Gasteiger partial charge >= 0.3 is 11.9 Å². The first-order valence-corrected chi connectivity index (χ1v) is 6.84. The number of rotatable bonds is 3. The Morgan fingerprint density at radius 2 is 1.77 bits per heavy atom. The van der Waals surface area contributed by atoms with Crippen LogP contribution in [0.2, 0.25) is 0 Å². The Hall–Kier alpha value is -2.68. The topological polar surface area (TPSA) is 76.6 Å². The second-order valence-electron chi connectivity index (χ2n) is 4.28. The van der Waals surface area contributed by atoms with Crippen LogP contribution >= 0.6 is 11.3 Å². The zero-order valence-corrected chi connectivity index (χ0v) is 11.5. The van der Waals surface area contributed by atoms with Crippen LogP contribution in [0.4, 0.5) is 8.78 Å². The number of thiazole rings is 1. The zero-order valence-electron chi connectivity index (χ0n) is 10.7. The van der Waals surface area contributed by atoms with Crippen molar-refractivity contribution in [3.05, 3.63) is 52.0 Å². The number of carbonyl (C=O) groups is 3. The van der Waals surface area contributed by atoms with Gasteiger partial charge < -0.3 is 4.84 Å². The van der Waals surface area contributed by atoms with E-state index in [1.807, 2.05) is 0 Å². The number of benzene rings is 1. The molecule has 0 N–H and O–H groups in total. The number of fused-ring (bicyclic) bond motifs is 1. The van der Waals surface area contributed by atoms with Crippen molar-refractivity contribution < 1.29 is 28.0 Å². The first-order chi connectivity index (χ1) is 10.4. The maximum Gasteiger partial charge on any atom is 0.409 e. The minimum atomic E-state index is -4.06. The summed E-state index contributed by atoms with van der Waals surface area (Å²) in [5.41, 5.74) is 0.284. The van der Waals surface area contributed by atoms with Gasteiger partial charge in [0.25, 0.3) is 11.8 Å². The number of aromatic nitrogens is 1. The number of imide groups is 1. The van der Waals surface area contributed by atoms with Gasteiger partial charge in [0.1, 0.15) is 5.69 Å². The van der Waals surface area contributed by atoms with Crippen molar-refractivity contribution in [2.24, 2.45) is 0 Å². The second kappa shape index (κ2) is 4.95. The number of amides is 2. The smallest absolute Gasteiger partial charge is 0.323 e. The highest BCUT2D eigenvalue weighted by atomic mass is 32.1. The minimum absolute atomic E-state index is 0.0164. The number of hydroxylamine groups is 2. The van der Waals surface area contributed by atoms with E-state index in [0.717, 1.165) is 22.2 Å². The fraction of sp³-hybridized carbons (Fsp3) is 0.0769. The maximum atomic E-state index is 13.8. The third kappa shape index (κ3) is 2.06. The molecule has 2 aromatic rings. The van der Waals surface area contributed by atoms with E-state index >= 15 is 0 Å². The lowest BCUT2D eigenvalue weighted by Crippen LogP contribution is -2.39. The van der Waals surface area contributed by atoms with Crippen LogP contribution in [-0.2, 0) is 15.6 Å². The number of halogens is 2. The van der Waals surface area contributed by atoms with E-state index in [9.17, 15) is 23.2 Å². The highest BCUT2D eigenvalue weighted by Crippen LogP contribution is 2.31. The molecule has 0 atom stereocenters. The summed E-state index contributed by atoms with van der Waals surface area (Å²) in [4.78, 5) is 43.1. The van der Waals surface area contributed by atoms with Crippen LogP contribution in [-0.4, -0.2) is 27.8 Å². The van der Waals surface area contributed by atoms with Crippen molar-refractivity contribution in [1.82, 2.24) is 10.0 Å². The summed E-state index contributed by atoms with van der Waals surface area (Å²) >= 11 is 0.871. The van der Waals surface area contributed by atoms with Crippen LogP contribution < -0.4 is 0 Å². The molecule has 2 heterocycles. The third-order valence-corrected chi connectivity index (χ3v) is 3.53. The number of alkyl halides is 2. The highest BCUT2D eigenvalue weighted by Gasteiger charge is 2.49. The first-order valence-electron chi connectivity index (χ1n) is 5.89. The molecule has 0 unspecified atom stereocenters. The summed E-state index contributed by atoms with van der Waals surface area (Å²) in [6.45, 7) is 0. The molecule has 6 nitrogen and oxygen atoms in total. The molecule has 3 rings (SSSR count). The van der Waals surface area contributed by atoms with Crippen molar-refractivity contribution in [1.29, 1.82) is 0 Å². The highest BCUT2D eigenvalue weighted by molar-refractivity contribution is 7.07. The Morgan fingerprint density at radius 1 is 1.18 bits per heavy atom. The number of carbonyl (C=O) groups excluding carboxylic acids is 3. The molecule has 0 saturated carbocycles. The van der Waals surface area contributed by atoms with E-state index in [4.69, 9.17) is 0 Å². The average molecular weight is 324 g/mol. The molecule has 0 radical (unpaired) electrons. The van der Waals surface area contributed by atoms with Gasteiger partial charge in [-0.1, -0.05) is 17.2 Å². The van der Waals surface area contributed by atoms with E-state index < -0.39 is 29.4 Å². The Balaban J connectivity index is 1.85. The van der Waals surface area contributed by atoms with Gasteiger partial charge in [0.05, 0.1) is 16.6 Å². The molecule has 1 aromatic heterocycles. The van der Waals surface area contributed by atoms with Crippen LogP contribution in [0, 0.1) is 0 Å². The number of hydrogen-bond acceptors (Lipinski definition) is 6. The molecule has 1 aromatic carbocycles. The van der Waals surface area contributed by atoms with E-state index in [-0.39, 0.29) is 16.2 Å². The molecule has 0 saturated heterocycles. The van der Waals surface area contributed by atoms with E-state index in [1.54, 1.807) is 0 Å². The van der Waals surface area contributed by atoms with Gasteiger partial charge in [-0.25, -0.2) is 9.78 Å². The molecule has 0 aliphatic carbocycles. The largest absolute Gasteiger partial charge is 0.409 e. The van der Waals surface area contributed by atoms with Crippen molar-refractivity contribution >= 4 is 29.1 Å². The summed E-state index contributed by atoms with van der Waals surface area (Å²) in [6.07, 6.45) is 0. The normalized spacial score (nSPS) is 14.2. The standard InChI is InChI=1S/C13H6F2N2O4S/c14-13(15,9-5-22-6-16-9)12(20)21-17-10(18)7-3-1-2-4-8(7)11(17)19/h1-6H. The van der Waals surface area contributed by atoms with Gasteiger partial charge in [0, 0.05) is 5.38 Å². The van der Waals surface area contributed by atoms with Gasteiger partial charge in [-0.05, 0) is 12.1 Å². The summed E-state index contributed by atoms with van der Waals surface area (Å²) in [7, 11) is 0. The molecule has 112 valence electrons. The SMILES string of the molecule is O=C1c2ccccc2C(=O)N1OC(=O)C(F)(F)c1cscn1. The van der Waals surface area contributed by atoms with E-state index in [0.29, 0.717) is 0 Å². The number of hydrogen-bond donors (Lipinski definition) is 0. The van der Waals surface area contributed by atoms with Crippen molar-refractivity contribution in [3.63, 3.8) is 0 Å². The van der Waals surface area contributed by atoms with Crippen LogP contribution in [0.25, 0.3) is 0 Å². The zero-order chi connectivity index (χ0) is 15.9. The Labute approximate surface area is 125 Å². The summed E-state index contributed by atoms with van der Waals surface area (Å²) < 4.78 is 27.7. The molecular weight excluding hydrogens is 318 g/mol. The fourth-order valence-corrected chi connectivity index (χ4v) is 2.44. The third-order valence-electron chi connectivity index (χ3n) is 2.94. The van der Waals surface area contributed by atoms with Crippen LogP contribution in [0.15, 0.2) is 35.2 Å². The molecule has 22 heavy (non-hydrogen) atoms. The van der Waals surface area contributed by atoms with Crippen molar-refractivity contribution in [2.45, 2.75) is 5.92 Å².